The van der Waals surface area contributed by atoms with E-state index in [1.807, 2.05) is 54.6 Å². The van der Waals surface area contributed by atoms with Gasteiger partial charge in [0.25, 0.3) is 0 Å². The van der Waals surface area contributed by atoms with Crippen molar-refractivity contribution in [3.8, 4) is 5.75 Å². The van der Waals surface area contributed by atoms with Gasteiger partial charge in [-0.15, -0.1) is 6.58 Å². The monoisotopic (exact) mass is 443 g/mol. The summed E-state index contributed by atoms with van der Waals surface area (Å²) in [4.78, 5) is 17.8. The predicted octanol–water partition coefficient (Wildman–Crippen LogP) is 4.57. The van der Waals surface area contributed by atoms with Crippen molar-refractivity contribution in [2.24, 2.45) is 11.8 Å². The molecule has 4 heterocycles. The molecule has 3 aliphatic heterocycles. The summed E-state index contributed by atoms with van der Waals surface area (Å²) in [5.74, 6) is 1.75. The smallest absolute Gasteiger partial charge is 0.216 e. The van der Waals surface area contributed by atoms with E-state index in [2.05, 4.69) is 17.6 Å². The molecule has 3 saturated heterocycles. The molecule has 170 valence electrons. The molecule has 5 nitrogen and oxygen atoms in total. The van der Waals surface area contributed by atoms with Crippen LogP contribution in [-0.4, -0.2) is 53.1 Å². The number of benzene rings is 2. The van der Waals surface area contributed by atoms with Crippen molar-refractivity contribution < 1.29 is 19.1 Å². The van der Waals surface area contributed by atoms with Crippen LogP contribution in [0.15, 0.2) is 73.4 Å². The minimum absolute atomic E-state index is 0.0515. The fourth-order valence-corrected chi connectivity index (χ4v) is 6.12. The lowest BCUT2D eigenvalue weighted by molar-refractivity contribution is -0.966. The number of hydrogen-bond acceptors (Lipinski definition) is 4. The molecule has 0 amide bonds. The van der Waals surface area contributed by atoms with Crippen molar-refractivity contribution in [3.05, 3.63) is 84.6 Å². The number of methoxy groups -OCH3 is 1. The summed E-state index contributed by atoms with van der Waals surface area (Å²) < 4.78 is 6.04. The zero-order valence-corrected chi connectivity index (χ0v) is 19.1. The molecule has 4 unspecified atom stereocenters. The Morgan fingerprint density at radius 3 is 2.85 bits per heavy atom. The second kappa shape index (κ2) is 8.73. The van der Waals surface area contributed by atoms with Crippen LogP contribution in [0.5, 0.6) is 5.75 Å². The van der Waals surface area contributed by atoms with Gasteiger partial charge in [0, 0.05) is 35.9 Å². The number of aliphatic hydroxyl groups excluding tert-OH is 1. The van der Waals surface area contributed by atoms with Crippen LogP contribution in [0.3, 0.4) is 0 Å². The Morgan fingerprint density at radius 1 is 1.27 bits per heavy atom. The lowest BCUT2D eigenvalue weighted by Crippen LogP contribution is -2.69. The number of hydrogen-bond donors (Lipinski definition) is 1. The molecule has 0 radical (unpaired) electrons. The topological polar surface area (TPSA) is 59.4 Å². The van der Waals surface area contributed by atoms with Crippen LogP contribution in [0.1, 0.15) is 34.9 Å². The summed E-state index contributed by atoms with van der Waals surface area (Å²) >= 11 is 0. The van der Waals surface area contributed by atoms with E-state index in [1.54, 1.807) is 13.3 Å². The van der Waals surface area contributed by atoms with Crippen LogP contribution >= 0.6 is 0 Å². The van der Waals surface area contributed by atoms with Crippen molar-refractivity contribution in [2.75, 3.05) is 26.7 Å². The summed E-state index contributed by atoms with van der Waals surface area (Å²) in [5, 5.41) is 12.7. The lowest BCUT2D eigenvalue weighted by atomic mass is 9.71. The molecule has 5 heteroatoms. The van der Waals surface area contributed by atoms with E-state index in [1.165, 1.54) is 0 Å². The maximum Gasteiger partial charge on any atom is 0.216 e. The average molecular weight is 444 g/mol. The number of pyridine rings is 1. The van der Waals surface area contributed by atoms with Gasteiger partial charge in [-0.2, -0.15) is 0 Å². The molecule has 1 N–H and O–H groups in total. The van der Waals surface area contributed by atoms with Crippen LogP contribution in [0.2, 0.25) is 0 Å². The van der Waals surface area contributed by atoms with E-state index in [-0.39, 0.29) is 11.8 Å². The van der Waals surface area contributed by atoms with Gasteiger partial charge in [0.15, 0.2) is 0 Å². The van der Waals surface area contributed by atoms with Gasteiger partial charge in [0.1, 0.15) is 24.4 Å². The Labute approximate surface area is 194 Å². The normalized spacial score (nSPS) is 27.3. The van der Waals surface area contributed by atoms with E-state index in [0.29, 0.717) is 22.9 Å². The Hall–Kier alpha value is -3.02. The number of nitrogens with zero attached hydrogens (tertiary/aromatic N) is 2. The van der Waals surface area contributed by atoms with Crippen molar-refractivity contribution >= 4 is 16.7 Å². The van der Waals surface area contributed by atoms with Crippen molar-refractivity contribution in [1.29, 1.82) is 0 Å². The highest BCUT2D eigenvalue weighted by molar-refractivity contribution is 5.97. The number of quaternary nitrogens is 1. The molecule has 3 aromatic rings. The molecule has 0 saturated carbocycles. The van der Waals surface area contributed by atoms with Gasteiger partial charge in [-0.3, -0.25) is 9.78 Å². The van der Waals surface area contributed by atoms with Crippen LogP contribution < -0.4 is 4.74 Å². The maximum atomic E-state index is 13.3. The molecular formula is C28H31N2O3+. The van der Waals surface area contributed by atoms with E-state index in [4.69, 9.17) is 4.74 Å². The van der Waals surface area contributed by atoms with E-state index in [9.17, 15) is 9.90 Å². The number of ketones is 1. The van der Waals surface area contributed by atoms with Gasteiger partial charge in [0.2, 0.25) is 5.78 Å². The molecule has 5 atom stereocenters. The second-order valence-electron chi connectivity index (χ2n) is 9.55. The molecule has 3 aliphatic rings. The fraction of sp³-hybridized carbons (Fsp3) is 0.357. The molecule has 33 heavy (non-hydrogen) atoms. The summed E-state index contributed by atoms with van der Waals surface area (Å²) in [7, 11) is 1.64. The average Bonchev–Trinajstić information content (AvgIpc) is 2.88. The SMILES string of the molecule is C=CC1C[N+]2(CC(=O)c3ccccc3)CCC1CC2[C@H](O)c1ccnc2ccc(OC)cc12. The minimum Gasteiger partial charge on any atom is -0.497 e. The fourth-order valence-electron chi connectivity index (χ4n) is 6.12. The van der Waals surface area contributed by atoms with E-state index >= 15 is 0 Å². The van der Waals surface area contributed by atoms with Crippen LogP contribution in [-0.2, 0) is 0 Å². The van der Waals surface area contributed by atoms with Gasteiger partial charge in [-0.05, 0) is 35.7 Å². The molecular weight excluding hydrogens is 412 g/mol. The number of Topliss-reactive ketones (excluding diaryl/α,β-unsaturated/α-hetero) is 1. The highest BCUT2D eigenvalue weighted by Gasteiger charge is 2.54. The third-order valence-electron chi connectivity index (χ3n) is 7.90. The Bertz CT molecular complexity index is 1180. The lowest BCUT2D eigenvalue weighted by Gasteiger charge is -2.57. The highest BCUT2D eigenvalue weighted by Crippen LogP contribution is 2.47. The molecule has 0 aliphatic carbocycles. The van der Waals surface area contributed by atoms with Crippen molar-refractivity contribution in [2.45, 2.75) is 25.0 Å². The van der Waals surface area contributed by atoms with Crippen LogP contribution in [0.4, 0.5) is 0 Å². The number of piperidine rings is 3. The number of fused-ring (bicyclic) bond motifs is 4. The highest BCUT2D eigenvalue weighted by atomic mass is 16.5. The Balaban J connectivity index is 1.54. The summed E-state index contributed by atoms with van der Waals surface area (Å²) in [6.45, 7) is 6.23. The third kappa shape index (κ3) is 3.85. The maximum absolute atomic E-state index is 13.3. The summed E-state index contributed by atoms with van der Waals surface area (Å²) in [5.41, 5.74) is 2.43. The largest absolute Gasteiger partial charge is 0.497 e. The first-order valence-electron chi connectivity index (χ1n) is 11.7. The standard InChI is InChI=1S/C28H31N2O3/c1-3-19-17-30(18-27(31)20-7-5-4-6-8-20)14-12-21(19)15-26(30)28(32)23-11-13-29-25-10-9-22(33-2)16-24(23)25/h3-11,13,16,19,21,26,28,32H,1,12,14-15,17-18H2,2H3/q+1/t19?,21?,26?,28-,30?/m1/s1. The number of ether oxygens (including phenoxy) is 1. The van der Waals surface area contributed by atoms with E-state index < -0.39 is 6.10 Å². The number of aliphatic hydroxyl groups is 1. The number of rotatable bonds is 7. The summed E-state index contributed by atoms with van der Waals surface area (Å²) in [6, 6.07) is 17.1. The van der Waals surface area contributed by atoms with Gasteiger partial charge in [-0.25, -0.2) is 0 Å². The quantitative estimate of drug-likeness (QED) is 0.330. The number of carbonyl (C=O) groups is 1. The van der Waals surface area contributed by atoms with Gasteiger partial charge in [0.05, 0.1) is 25.7 Å². The minimum atomic E-state index is -0.695. The molecule has 1 aromatic heterocycles. The first kappa shape index (κ1) is 21.8. The van der Waals surface area contributed by atoms with Gasteiger partial charge >= 0.3 is 0 Å². The predicted molar refractivity (Wildman–Crippen MR) is 129 cm³/mol. The summed E-state index contributed by atoms with van der Waals surface area (Å²) in [6.07, 6.45) is 5.06. The van der Waals surface area contributed by atoms with Crippen LogP contribution in [0.25, 0.3) is 10.9 Å². The third-order valence-corrected chi connectivity index (χ3v) is 7.90. The molecule has 3 fully saturated rings. The number of carbonyl (C=O) groups excluding carboxylic acids is 1. The Morgan fingerprint density at radius 2 is 2.09 bits per heavy atom. The first-order chi connectivity index (χ1) is 16.0. The zero-order chi connectivity index (χ0) is 23.0. The van der Waals surface area contributed by atoms with Crippen molar-refractivity contribution in [1.82, 2.24) is 4.98 Å². The van der Waals surface area contributed by atoms with Gasteiger partial charge in [-0.1, -0.05) is 36.4 Å². The number of aromatic nitrogens is 1. The van der Waals surface area contributed by atoms with Crippen molar-refractivity contribution in [3.63, 3.8) is 0 Å². The molecule has 2 aromatic carbocycles. The molecule has 6 rings (SSSR count). The Kier molecular flexibility index (Phi) is 5.77. The zero-order valence-electron chi connectivity index (χ0n) is 19.1. The van der Waals surface area contributed by atoms with Crippen LogP contribution in [0, 0.1) is 11.8 Å². The second-order valence-corrected chi connectivity index (χ2v) is 9.55. The van der Waals surface area contributed by atoms with Gasteiger partial charge < -0.3 is 14.3 Å². The molecule has 0 spiro atoms. The first-order valence-corrected chi connectivity index (χ1v) is 11.7. The molecule has 2 bridgehead atoms. The van der Waals surface area contributed by atoms with E-state index in [0.717, 1.165) is 53.7 Å².